The third-order valence-electron chi connectivity index (χ3n) is 4.41. The number of sulfonamides is 1. The zero-order valence-corrected chi connectivity index (χ0v) is 14.2. The lowest BCUT2D eigenvalue weighted by Crippen LogP contribution is -2.32. The highest BCUT2D eigenvalue weighted by molar-refractivity contribution is 7.89. The Balaban J connectivity index is 1.90. The van der Waals surface area contributed by atoms with Gasteiger partial charge in [0.25, 0.3) is 0 Å². The van der Waals surface area contributed by atoms with E-state index in [1.165, 1.54) is 4.31 Å². The molecular weight excluding hydrogens is 312 g/mol. The molecule has 0 aliphatic carbocycles. The molecule has 1 aromatic heterocycles. The molecule has 23 heavy (non-hydrogen) atoms. The minimum atomic E-state index is -3.53. The molecule has 3 rings (SSSR count). The fraction of sp³-hybridized carbons (Fsp3) is 0.438. The average Bonchev–Trinajstić information content (AvgIpc) is 3.13. The Bertz CT molecular complexity index is 800. The second kappa shape index (κ2) is 6.07. The van der Waals surface area contributed by atoms with Gasteiger partial charge in [0.15, 0.2) is 0 Å². The lowest BCUT2D eigenvalue weighted by atomic mass is 10.0. The molecule has 0 unspecified atom stereocenters. The van der Waals surface area contributed by atoms with E-state index in [1.807, 2.05) is 36.9 Å². The molecular formula is C16H22N4O2S. The van der Waals surface area contributed by atoms with E-state index in [-0.39, 0.29) is 12.0 Å². The van der Waals surface area contributed by atoms with E-state index >= 15 is 0 Å². The van der Waals surface area contributed by atoms with Crippen LogP contribution in [-0.2, 0) is 23.5 Å². The summed E-state index contributed by atoms with van der Waals surface area (Å²) >= 11 is 0. The predicted octanol–water partition coefficient (Wildman–Crippen LogP) is 1.10. The lowest BCUT2D eigenvalue weighted by Gasteiger charge is -2.18. The maximum atomic E-state index is 13.0. The highest BCUT2D eigenvalue weighted by atomic mass is 32.2. The van der Waals surface area contributed by atoms with Crippen LogP contribution in [0.3, 0.4) is 0 Å². The summed E-state index contributed by atoms with van der Waals surface area (Å²) in [5, 5.41) is 0. The first-order valence-corrected chi connectivity index (χ1v) is 9.19. The zero-order valence-electron chi connectivity index (χ0n) is 13.4. The summed E-state index contributed by atoms with van der Waals surface area (Å²) in [4.78, 5) is 4.72. The number of nitrogens with two attached hydrogens (primary N) is 1. The molecule has 0 saturated carbocycles. The van der Waals surface area contributed by atoms with E-state index in [1.54, 1.807) is 18.5 Å². The van der Waals surface area contributed by atoms with E-state index in [0.29, 0.717) is 24.4 Å². The lowest BCUT2D eigenvalue weighted by molar-refractivity contribution is 0.469. The number of aryl methyl sites for hydroxylation is 2. The van der Waals surface area contributed by atoms with Crippen molar-refractivity contribution in [1.82, 2.24) is 13.9 Å². The van der Waals surface area contributed by atoms with Crippen LogP contribution in [0.2, 0.25) is 0 Å². The first-order valence-electron chi connectivity index (χ1n) is 7.75. The summed E-state index contributed by atoms with van der Waals surface area (Å²) in [5.41, 5.74) is 7.88. The topological polar surface area (TPSA) is 81.2 Å². The first-order chi connectivity index (χ1) is 10.9. The van der Waals surface area contributed by atoms with Crippen LogP contribution in [0, 0.1) is 0 Å². The Morgan fingerprint density at radius 1 is 1.30 bits per heavy atom. The highest BCUT2D eigenvalue weighted by Crippen LogP contribution is 2.30. The quantitative estimate of drug-likeness (QED) is 0.908. The van der Waals surface area contributed by atoms with Crippen molar-refractivity contribution in [3.05, 3.63) is 48.0 Å². The fourth-order valence-corrected chi connectivity index (χ4v) is 4.91. The van der Waals surface area contributed by atoms with Gasteiger partial charge in [0.05, 0.1) is 16.9 Å². The van der Waals surface area contributed by atoms with Crippen LogP contribution in [0.25, 0.3) is 0 Å². The molecule has 2 heterocycles. The Morgan fingerprint density at radius 2 is 2.04 bits per heavy atom. The molecule has 0 radical (unpaired) electrons. The van der Waals surface area contributed by atoms with Crippen molar-refractivity contribution in [2.24, 2.45) is 12.8 Å². The van der Waals surface area contributed by atoms with Crippen LogP contribution in [-0.4, -0.2) is 41.4 Å². The van der Waals surface area contributed by atoms with Crippen molar-refractivity contribution in [2.45, 2.75) is 30.2 Å². The largest absolute Gasteiger partial charge is 0.340 e. The van der Waals surface area contributed by atoms with Crippen LogP contribution >= 0.6 is 0 Å². The van der Waals surface area contributed by atoms with Crippen molar-refractivity contribution < 1.29 is 8.42 Å². The van der Waals surface area contributed by atoms with Gasteiger partial charge in [-0.05, 0) is 18.1 Å². The van der Waals surface area contributed by atoms with Gasteiger partial charge in [-0.25, -0.2) is 13.4 Å². The normalized spacial score (nSPS) is 22.6. The molecule has 1 aliphatic heterocycles. The number of hydrogen-bond acceptors (Lipinski definition) is 4. The number of rotatable bonds is 4. The van der Waals surface area contributed by atoms with Crippen LogP contribution in [0.5, 0.6) is 0 Å². The monoisotopic (exact) mass is 334 g/mol. The van der Waals surface area contributed by atoms with Gasteiger partial charge in [-0.3, -0.25) is 0 Å². The maximum Gasteiger partial charge on any atom is 0.243 e. The van der Waals surface area contributed by atoms with Gasteiger partial charge >= 0.3 is 0 Å². The molecule has 124 valence electrons. The van der Waals surface area contributed by atoms with E-state index in [2.05, 4.69) is 4.98 Å². The van der Waals surface area contributed by atoms with Crippen LogP contribution < -0.4 is 5.73 Å². The van der Waals surface area contributed by atoms with Gasteiger partial charge < -0.3 is 10.3 Å². The number of benzene rings is 1. The molecule has 2 N–H and O–H groups in total. The number of nitrogens with zero attached hydrogens (tertiary/aromatic N) is 3. The van der Waals surface area contributed by atoms with Crippen molar-refractivity contribution in [3.63, 3.8) is 0 Å². The van der Waals surface area contributed by atoms with Gasteiger partial charge in [-0.2, -0.15) is 4.31 Å². The second-order valence-electron chi connectivity index (χ2n) is 6.02. The minimum absolute atomic E-state index is 0.0697. The predicted molar refractivity (Wildman–Crippen MR) is 88.5 cm³/mol. The smallest absolute Gasteiger partial charge is 0.243 e. The number of imidazole rings is 1. The average molecular weight is 334 g/mol. The summed E-state index contributed by atoms with van der Waals surface area (Å²) < 4.78 is 29.3. The molecule has 1 saturated heterocycles. The fourth-order valence-electron chi connectivity index (χ4n) is 3.11. The second-order valence-corrected chi connectivity index (χ2v) is 7.92. The van der Waals surface area contributed by atoms with Gasteiger partial charge in [0.1, 0.15) is 0 Å². The standard InChI is InChI=1S/C16H22N4O2S/c1-3-12-6-4-5-7-16(12)23(21,22)20-8-13(14(17)9-20)15-10-19(2)11-18-15/h4-7,10-11,13-14H,3,8-9,17H2,1-2H3/t13-,14-/m1/s1. The summed E-state index contributed by atoms with van der Waals surface area (Å²) in [6, 6.07) is 6.92. The zero-order chi connectivity index (χ0) is 16.6. The Kier molecular flexibility index (Phi) is 4.27. The summed E-state index contributed by atoms with van der Waals surface area (Å²) in [6.07, 6.45) is 4.30. The van der Waals surface area contributed by atoms with Crippen LogP contribution in [0.1, 0.15) is 24.1 Å². The molecule has 7 heteroatoms. The SMILES string of the molecule is CCc1ccccc1S(=O)(=O)N1C[C@@H](N)[C@H](c2cn(C)cn2)C1. The molecule has 0 bridgehead atoms. The van der Waals surface area contributed by atoms with Gasteiger partial charge in [0.2, 0.25) is 10.0 Å². The van der Waals surface area contributed by atoms with E-state index < -0.39 is 10.0 Å². The van der Waals surface area contributed by atoms with Crippen molar-refractivity contribution >= 4 is 10.0 Å². The Morgan fingerprint density at radius 3 is 2.70 bits per heavy atom. The van der Waals surface area contributed by atoms with Crippen molar-refractivity contribution in [1.29, 1.82) is 0 Å². The third kappa shape index (κ3) is 2.91. The maximum absolute atomic E-state index is 13.0. The molecule has 2 atom stereocenters. The molecule has 1 aliphatic rings. The molecule has 6 nitrogen and oxygen atoms in total. The van der Waals surface area contributed by atoms with E-state index in [9.17, 15) is 8.42 Å². The van der Waals surface area contributed by atoms with Gasteiger partial charge in [0, 0.05) is 38.3 Å². The highest BCUT2D eigenvalue weighted by Gasteiger charge is 2.39. The van der Waals surface area contributed by atoms with E-state index in [0.717, 1.165) is 11.3 Å². The number of hydrogen-bond donors (Lipinski definition) is 1. The third-order valence-corrected chi connectivity index (χ3v) is 6.34. The Hall–Kier alpha value is -1.70. The number of aromatic nitrogens is 2. The molecule has 0 amide bonds. The molecule has 1 fully saturated rings. The van der Waals surface area contributed by atoms with E-state index in [4.69, 9.17) is 5.73 Å². The molecule has 0 spiro atoms. The summed E-state index contributed by atoms with van der Waals surface area (Å²) in [5.74, 6) is -0.0697. The van der Waals surface area contributed by atoms with Crippen LogP contribution in [0.15, 0.2) is 41.7 Å². The molecule has 1 aromatic carbocycles. The summed E-state index contributed by atoms with van der Waals surface area (Å²) in [7, 11) is -1.64. The summed E-state index contributed by atoms with van der Waals surface area (Å²) in [6.45, 7) is 2.65. The van der Waals surface area contributed by atoms with Crippen molar-refractivity contribution in [2.75, 3.05) is 13.1 Å². The minimum Gasteiger partial charge on any atom is -0.340 e. The Labute approximate surface area is 137 Å². The van der Waals surface area contributed by atoms with Crippen molar-refractivity contribution in [3.8, 4) is 0 Å². The van der Waals surface area contributed by atoms with Gasteiger partial charge in [-0.15, -0.1) is 0 Å². The van der Waals surface area contributed by atoms with Gasteiger partial charge in [-0.1, -0.05) is 25.1 Å². The first kappa shape index (κ1) is 16.2. The van der Waals surface area contributed by atoms with Crippen LogP contribution in [0.4, 0.5) is 0 Å². The molecule has 2 aromatic rings.